The highest BCUT2D eigenvalue weighted by Gasteiger charge is 2.32. The van der Waals surface area contributed by atoms with Crippen LogP contribution >= 0.6 is 27.5 Å². The number of hydrogen-bond acceptors (Lipinski definition) is 2. The van der Waals surface area contributed by atoms with Gasteiger partial charge >= 0.3 is 0 Å². The predicted octanol–water partition coefficient (Wildman–Crippen LogP) is 6.25. The van der Waals surface area contributed by atoms with Gasteiger partial charge in [0.05, 0.1) is 5.69 Å². The van der Waals surface area contributed by atoms with Crippen LogP contribution < -0.4 is 4.90 Å². The third-order valence-corrected chi connectivity index (χ3v) is 5.16. The first kappa shape index (κ1) is 18.7. The van der Waals surface area contributed by atoms with Gasteiger partial charge in [0.2, 0.25) is 0 Å². The van der Waals surface area contributed by atoms with E-state index in [1.165, 1.54) is 0 Å². The van der Waals surface area contributed by atoms with E-state index in [0.29, 0.717) is 16.6 Å². The van der Waals surface area contributed by atoms with Crippen LogP contribution in [-0.4, -0.2) is 11.7 Å². The fourth-order valence-electron chi connectivity index (χ4n) is 2.98. The van der Waals surface area contributed by atoms with Gasteiger partial charge in [-0.1, -0.05) is 75.6 Å². The largest absolute Gasteiger partial charge is 0.282 e. The minimum absolute atomic E-state index is 0.163. The molecule has 0 fully saturated rings. The van der Waals surface area contributed by atoms with Crippen molar-refractivity contribution >= 4 is 51.0 Å². The summed E-state index contributed by atoms with van der Waals surface area (Å²) in [5.41, 5.74) is 4.06. The van der Waals surface area contributed by atoms with Crippen LogP contribution in [0.25, 0.3) is 6.08 Å². The van der Waals surface area contributed by atoms with Gasteiger partial charge < -0.3 is 0 Å². The highest BCUT2D eigenvalue weighted by Crippen LogP contribution is 2.29. The molecule has 5 heteroatoms. The number of nitrogens with zero attached hydrogens (tertiary/aromatic N) is 2. The van der Waals surface area contributed by atoms with Gasteiger partial charge in [0.15, 0.2) is 0 Å². The zero-order chi connectivity index (χ0) is 19.7. The lowest BCUT2D eigenvalue weighted by atomic mass is 10.1. The maximum atomic E-state index is 13.2. The van der Waals surface area contributed by atoms with Crippen LogP contribution in [0.2, 0.25) is 5.02 Å². The molecule has 28 heavy (non-hydrogen) atoms. The third kappa shape index (κ3) is 3.79. The number of anilines is 1. The average molecular weight is 452 g/mol. The predicted molar refractivity (Wildman–Crippen MR) is 119 cm³/mol. The highest BCUT2D eigenvalue weighted by molar-refractivity contribution is 9.10. The second-order valence-corrected chi connectivity index (χ2v) is 7.86. The molecule has 0 saturated carbocycles. The Hall–Kier alpha value is -2.69. The molecule has 0 radical (unpaired) electrons. The molecule has 3 nitrogen and oxygen atoms in total. The average Bonchev–Trinajstić information content (AvgIpc) is 3.00. The molecule has 3 aromatic rings. The lowest BCUT2D eigenvalue weighted by Crippen LogP contribution is -2.32. The smallest absolute Gasteiger partial charge is 0.266 e. The van der Waals surface area contributed by atoms with E-state index in [-0.39, 0.29) is 5.91 Å². The number of rotatable bonds is 3. The number of carbonyl (C=O) groups excluding carboxylic acids is 1. The van der Waals surface area contributed by atoms with Gasteiger partial charge in [-0.2, -0.15) is 0 Å². The van der Waals surface area contributed by atoms with E-state index in [4.69, 9.17) is 11.6 Å². The Morgan fingerprint density at radius 1 is 1.00 bits per heavy atom. The molecule has 0 aromatic heterocycles. The molecule has 0 unspecified atom stereocenters. The van der Waals surface area contributed by atoms with Crippen molar-refractivity contribution in [3.63, 3.8) is 0 Å². The third-order valence-electron chi connectivity index (χ3n) is 4.41. The van der Waals surface area contributed by atoms with Gasteiger partial charge in [-0.3, -0.25) is 9.69 Å². The van der Waals surface area contributed by atoms with Crippen molar-refractivity contribution in [3.8, 4) is 0 Å². The molecule has 0 saturated heterocycles. The summed E-state index contributed by atoms with van der Waals surface area (Å²) >= 11 is 9.45. The van der Waals surface area contributed by atoms with Crippen LogP contribution in [0.3, 0.4) is 0 Å². The Bertz CT molecular complexity index is 1100. The van der Waals surface area contributed by atoms with Crippen molar-refractivity contribution in [2.75, 3.05) is 4.90 Å². The van der Waals surface area contributed by atoms with Crippen LogP contribution in [0.5, 0.6) is 0 Å². The van der Waals surface area contributed by atoms with Gasteiger partial charge in [0.1, 0.15) is 11.5 Å². The Labute approximate surface area is 177 Å². The standard InChI is InChI=1S/C23H16BrClN2O/c1-15-5-9-17(10-6-15)22-26-21(13-16-7-11-19(25)12-8-16)23(28)27(22)20-4-2-3-18(24)14-20/h2-14H,1H3/b21-13+. The summed E-state index contributed by atoms with van der Waals surface area (Å²) in [5, 5.41) is 0.652. The number of carbonyl (C=O) groups is 1. The molecule has 1 aliphatic heterocycles. The van der Waals surface area contributed by atoms with E-state index in [1.807, 2.05) is 67.6 Å². The maximum absolute atomic E-state index is 13.2. The molecular weight excluding hydrogens is 436 g/mol. The van der Waals surface area contributed by atoms with E-state index in [0.717, 1.165) is 26.9 Å². The minimum atomic E-state index is -0.163. The van der Waals surface area contributed by atoms with E-state index >= 15 is 0 Å². The lowest BCUT2D eigenvalue weighted by molar-refractivity contribution is -0.113. The number of amidine groups is 1. The Morgan fingerprint density at radius 2 is 1.71 bits per heavy atom. The first-order valence-electron chi connectivity index (χ1n) is 8.74. The van der Waals surface area contributed by atoms with E-state index in [9.17, 15) is 4.79 Å². The molecule has 0 N–H and O–H groups in total. The number of hydrogen-bond donors (Lipinski definition) is 0. The number of benzene rings is 3. The fourth-order valence-corrected chi connectivity index (χ4v) is 3.50. The quantitative estimate of drug-likeness (QED) is 0.433. The lowest BCUT2D eigenvalue weighted by Gasteiger charge is -2.19. The van der Waals surface area contributed by atoms with Crippen molar-refractivity contribution in [1.82, 2.24) is 0 Å². The van der Waals surface area contributed by atoms with Gasteiger partial charge in [0.25, 0.3) is 5.91 Å². The van der Waals surface area contributed by atoms with Crippen molar-refractivity contribution in [2.24, 2.45) is 4.99 Å². The summed E-state index contributed by atoms with van der Waals surface area (Å²) in [5.74, 6) is 0.451. The zero-order valence-electron chi connectivity index (χ0n) is 15.1. The van der Waals surface area contributed by atoms with Crippen molar-refractivity contribution < 1.29 is 4.79 Å². The molecule has 1 aliphatic rings. The van der Waals surface area contributed by atoms with E-state index in [1.54, 1.807) is 23.1 Å². The van der Waals surface area contributed by atoms with Crippen LogP contribution in [0.4, 0.5) is 5.69 Å². The van der Waals surface area contributed by atoms with Crippen molar-refractivity contribution in [1.29, 1.82) is 0 Å². The number of aryl methyl sites for hydroxylation is 1. The topological polar surface area (TPSA) is 32.7 Å². The molecule has 1 heterocycles. The van der Waals surface area contributed by atoms with Gasteiger partial charge in [-0.25, -0.2) is 4.99 Å². The van der Waals surface area contributed by atoms with Crippen LogP contribution in [0.15, 0.2) is 88.0 Å². The van der Waals surface area contributed by atoms with E-state index < -0.39 is 0 Å². The summed E-state index contributed by atoms with van der Waals surface area (Å²) in [6.07, 6.45) is 1.78. The summed E-state index contributed by atoms with van der Waals surface area (Å²) in [6, 6.07) is 23.0. The zero-order valence-corrected chi connectivity index (χ0v) is 17.4. The minimum Gasteiger partial charge on any atom is -0.266 e. The molecule has 0 atom stereocenters. The van der Waals surface area contributed by atoms with E-state index in [2.05, 4.69) is 20.9 Å². The SMILES string of the molecule is Cc1ccc(C2=N/C(=C/c3ccc(Cl)cc3)C(=O)N2c2cccc(Br)c2)cc1. The van der Waals surface area contributed by atoms with Crippen molar-refractivity contribution in [2.45, 2.75) is 6.92 Å². The van der Waals surface area contributed by atoms with Crippen molar-refractivity contribution in [3.05, 3.63) is 105 Å². The Kier molecular flexibility index (Phi) is 5.16. The number of amides is 1. The van der Waals surface area contributed by atoms with Crippen LogP contribution in [-0.2, 0) is 4.79 Å². The fraction of sp³-hybridized carbons (Fsp3) is 0.0435. The molecule has 138 valence electrons. The summed E-state index contributed by atoms with van der Waals surface area (Å²) < 4.78 is 0.899. The summed E-state index contributed by atoms with van der Waals surface area (Å²) in [6.45, 7) is 2.03. The highest BCUT2D eigenvalue weighted by atomic mass is 79.9. The van der Waals surface area contributed by atoms with Crippen LogP contribution in [0, 0.1) is 6.92 Å². The van der Waals surface area contributed by atoms with Crippen LogP contribution in [0.1, 0.15) is 16.7 Å². The molecule has 1 amide bonds. The van der Waals surface area contributed by atoms with Gasteiger partial charge in [-0.15, -0.1) is 0 Å². The Balaban J connectivity index is 1.82. The van der Waals surface area contributed by atoms with Gasteiger partial charge in [-0.05, 0) is 48.9 Å². The molecule has 4 rings (SSSR count). The first-order chi connectivity index (χ1) is 13.5. The van der Waals surface area contributed by atoms with Gasteiger partial charge in [0, 0.05) is 15.1 Å². The molecule has 3 aromatic carbocycles. The maximum Gasteiger partial charge on any atom is 0.282 e. The number of halogens is 2. The summed E-state index contributed by atoms with van der Waals surface area (Å²) in [4.78, 5) is 19.6. The number of aliphatic imine (C=N–C) groups is 1. The normalized spacial score (nSPS) is 15.2. The Morgan fingerprint density at radius 3 is 2.39 bits per heavy atom. The first-order valence-corrected chi connectivity index (χ1v) is 9.91. The summed E-state index contributed by atoms with van der Waals surface area (Å²) in [7, 11) is 0. The monoisotopic (exact) mass is 450 g/mol. The molecular formula is C23H16BrClN2O. The second kappa shape index (κ2) is 7.74. The molecule has 0 spiro atoms. The molecule has 0 bridgehead atoms. The second-order valence-electron chi connectivity index (χ2n) is 6.50. The molecule has 0 aliphatic carbocycles.